The minimum atomic E-state index is -4.64. The lowest BCUT2D eigenvalue weighted by Crippen LogP contribution is -2.63. The Morgan fingerprint density at radius 1 is 1.04 bits per heavy atom. The van der Waals surface area contributed by atoms with Crippen LogP contribution in [0.15, 0.2) is 96.4 Å². The highest BCUT2D eigenvalue weighted by molar-refractivity contribution is 7.87. The maximum absolute atomic E-state index is 14.2. The number of nitrogens with zero attached hydrogens (tertiary/aromatic N) is 2. The fraction of sp³-hybridized carbons (Fsp3) is 0.324. The predicted molar refractivity (Wildman–Crippen MR) is 206 cm³/mol. The van der Waals surface area contributed by atoms with Crippen LogP contribution in [-0.4, -0.2) is 77.7 Å². The van der Waals surface area contributed by atoms with Crippen molar-refractivity contribution in [1.82, 2.24) is 14.9 Å². The van der Waals surface area contributed by atoms with Crippen molar-refractivity contribution < 1.29 is 55.7 Å². The van der Waals surface area contributed by atoms with Gasteiger partial charge in [-0.1, -0.05) is 43.3 Å². The van der Waals surface area contributed by atoms with Gasteiger partial charge in [0.15, 0.2) is 5.70 Å². The second kappa shape index (κ2) is 18.6. The van der Waals surface area contributed by atoms with E-state index in [0.717, 1.165) is 42.1 Å². The molecule has 3 aliphatic heterocycles. The molecule has 3 aromatic carbocycles. The Bertz CT molecular complexity index is 2050. The lowest BCUT2D eigenvalue weighted by molar-refractivity contribution is -0.384. The number of nitro benzene ring substituents is 1. The number of aliphatic hydroxyl groups excluding tert-OH is 1. The number of nitrogens with two attached hydrogens (primary N) is 1. The van der Waals surface area contributed by atoms with Crippen LogP contribution in [0.1, 0.15) is 30.6 Å². The summed E-state index contributed by atoms with van der Waals surface area (Å²) in [5, 5.41) is 29.4. The first-order valence-electron chi connectivity index (χ1n) is 16.7. The zero-order valence-electron chi connectivity index (χ0n) is 29.7. The van der Waals surface area contributed by atoms with Crippen LogP contribution in [0.4, 0.5) is 5.69 Å². The zero-order chi connectivity index (χ0) is 40.1. The molecule has 56 heavy (non-hydrogen) atoms. The molecule has 6 atom stereocenters. The number of β-lactam (4-membered cyclic amide) rings is 1. The number of para-hydroxylation sites is 2. The number of carbonyl (C=O) groups excluding carboxylic acids is 3. The fourth-order valence-electron chi connectivity index (χ4n) is 6.11. The van der Waals surface area contributed by atoms with E-state index in [1.165, 1.54) is 31.2 Å². The summed E-state index contributed by atoms with van der Waals surface area (Å²) in [5.74, 6) is -4.92. The van der Waals surface area contributed by atoms with E-state index in [2.05, 4.69) is 22.7 Å². The standard InChI is InChI=1S/C29H25N2O11P.C5H13N3O2S2.ClH/c1-17-24-23(18(2)32)27(33)30(24)25(29(35)39-28(34)19-13-15-20(16-14-19)31(36)37)26(17)42-43(38,40-21-9-5-3-6-10-21)41-22-11-7-4-8-12-22;6-12(9,10)8-2-4-1-5(11)3-7-4;/h3-18,23-24,32H,1-2H3;4-5,7-8,11H,1-3H2,(H2,6,9,10);1H/t17-,18-,23-,24-;4-,5-;/m10./s1. The van der Waals surface area contributed by atoms with Gasteiger partial charge in [0.2, 0.25) is 5.91 Å². The number of non-ortho nitro benzene ring substituents is 1. The number of nitrogens with one attached hydrogen (secondary N) is 2. The Balaban J connectivity index is 0.000000459. The van der Waals surface area contributed by atoms with Crippen molar-refractivity contribution in [3.63, 3.8) is 0 Å². The Morgan fingerprint density at radius 3 is 2.05 bits per heavy atom. The van der Waals surface area contributed by atoms with E-state index in [1.807, 2.05) is 0 Å². The van der Waals surface area contributed by atoms with Gasteiger partial charge in [0.25, 0.3) is 15.9 Å². The van der Waals surface area contributed by atoms with Gasteiger partial charge >= 0.3 is 19.8 Å². The maximum Gasteiger partial charge on any atom is 0.646 e. The van der Waals surface area contributed by atoms with Gasteiger partial charge in [0.1, 0.15) is 17.3 Å². The van der Waals surface area contributed by atoms with Gasteiger partial charge in [0.05, 0.1) is 28.6 Å². The third-order valence-electron chi connectivity index (χ3n) is 8.66. The average Bonchev–Trinajstić information content (AvgIpc) is 3.65. The average molecular weight is 856 g/mol. The summed E-state index contributed by atoms with van der Waals surface area (Å²) in [4.78, 5) is 50.6. The lowest BCUT2D eigenvalue weighted by Gasteiger charge is -2.46. The van der Waals surface area contributed by atoms with Gasteiger partial charge in [0, 0.05) is 42.4 Å². The highest BCUT2D eigenvalue weighted by Crippen LogP contribution is 2.57. The van der Waals surface area contributed by atoms with Crippen molar-refractivity contribution in [1.29, 1.82) is 0 Å². The minimum Gasteiger partial charge on any atom is -0.393 e. The molecule has 0 radical (unpaired) electrons. The van der Waals surface area contributed by atoms with Crippen LogP contribution in [-0.2, 0) is 33.6 Å². The number of nitro groups is 1. The molecule has 0 saturated carbocycles. The molecule has 2 fully saturated rings. The Morgan fingerprint density at radius 2 is 1.59 bits per heavy atom. The van der Waals surface area contributed by atoms with Crippen molar-refractivity contribution >= 4 is 66.6 Å². The van der Waals surface area contributed by atoms with Crippen molar-refractivity contribution in [2.75, 3.05) is 13.1 Å². The Labute approximate surface area is 333 Å². The molecular weight excluding hydrogens is 817 g/mol. The molecular formula is C34H39ClN5O13PS2. The van der Waals surface area contributed by atoms with Crippen LogP contribution in [0, 0.1) is 22.0 Å². The normalized spacial score (nSPS) is 22.0. The van der Waals surface area contributed by atoms with E-state index in [4.69, 9.17) is 23.4 Å². The molecule has 0 spiro atoms. The number of aliphatic hydroxyl groups is 1. The quantitative estimate of drug-likeness (QED) is 0.0314. The first-order valence-corrected chi connectivity index (χ1v) is 20.2. The number of amides is 1. The van der Waals surface area contributed by atoms with Crippen molar-refractivity contribution in [2.45, 2.75) is 43.7 Å². The molecule has 0 aliphatic carbocycles. The van der Waals surface area contributed by atoms with Crippen molar-refractivity contribution in [3.05, 3.63) is 112 Å². The van der Waals surface area contributed by atoms with Gasteiger partial charge in [-0.2, -0.15) is 25.6 Å². The topological polar surface area (TPSA) is 256 Å². The van der Waals surface area contributed by atoms with E-state index >= 15 is 0 Å². The third kappa shape index (κ3) is 10.9. The summed E-state index contributed by atoms with van der Waals surface area (Å²) in [7, 11) is -8.18. The number of phosphoric acid groups is 1. The van der Waals surface area contributed by atoms with Crippen LogP contribution < -0.4 is 24.2 Å². The molecule has 3 aliphatic rings. The van der Waals surface area contributed by atoms with E-state index in [0.29, 0.717) is 11.8 Å². The van der Waals surface area contributed by atoms with Crippen molar-refractivity contribution in [2.24, 2.45) is 17.0 Å². The molecule has 18 nitrogen and oxygen atoms in total. The number of halogens is 1. The van der Waals surface area contributed by atoms with E-state index < -0.39 is 70.5 Å². The first-order chi connectivity index (χ1) is 26.0. The number of carbonyl (C=O) groups is 3. The predicted octanol–water partition coefficient (Wildman–Crippen LogP) is 3.49. The number of rotatable bonds is 13. The number of phosphoric ester groups is 1. The second-order valence-corrected chi connectivity index (χ2v) is 16.2. The number of benzene rings is 3. The van der Waals surface area contributed by atoms with Crippen LogP contribution in [0.5, 0.6) is 11.5 Å². The molecule has 302 valence electrons. The summed E-state index contributed by atoms with van der Waals surface area (Å²) in [6, 6.07) is 19.7. The van der Waals surface area contributed by atoms with Gasteiger partial charge in [-0.05, 0) is 49.7 Å². The SMILES string of the molecule is C[C@@H](O)[C@H]1C(=O)N2C(C(=O)OC(=O)c3ccc([N+](=O)[O-])cc3)=C(OP(=O)(Oc3ccccc3)Oc3ccccc3)[C@H](C)[C@H]12.Cl.NS(=O)(=O)NC[C@@H]1C[C@H](S)CN1. The number of hydrogen-bond donors (Lipinski definition) is 5. The zero-order valence-corrected chi connectivity index (χ0v) is 33.1. The van der Waals surface area contributed by atoms with Crippen molar-refractivity contribution in [3.8, 4) is 11.5 Å². The summed E-state index contributed by atoms with van der Waals surface area (Å²) < 4.78 is 59.6. The highest BCUT2D eigenvalue weighted by Gasteiger charge is 2.62. The third-order valence-corrected chi connectivity index (χ3v) is 10.9. The molecule has 3 heterocycles. The number of hydrogen-bond acceptors (Lipinski definition) is 15. The van der Waals surface area contributed by atoms with Gasteiger partial charge in [-0.3, -0.25) is 19.8 Å². The monoisotopic (exact) mass is 855 g/mol. The second-order valence-electron chi connectivity index (χ2n) is 12.7. The maximum atomic E-state index is 14.2. The molecule has 0 unspecified atom stereocenters. The Kier molecular flexibility index (Phi) is 14.7. The molecule has 22 heteroatoms. The van der Waals surface area contributed by atoms with Gasteiger partial charge in [-0.15, -0.1) is 12.4 Å². The first kappa shape index (κ1) is 44.2. The van der Waals surface area contributed by atoms with Gasteiger partial charge < -0.3 is 28.7 Å². The lowest BCUT2D eigenvalue weighted by atomic mass is 9.79. The van der Waals surface area contributed by atoms with Crippen LogP contribution >= 0.6 is 32.9 Å². The fourth-order valence-corrected chi connectivity index (χ4v) is 8.27. The smallest absolute Gasteiger partial charge is 0.393 e. The molecule has 2 saturated heterocycles. The molecule has 1 amide bonds. The summed E-state index contributed by atoms with van der Waals surface area (Å²) in [6.45, 7) is 4.17. The minimum absolute atomic E-state index is 0. The highest BCUT2D eigenvalue weighted by atomic mass is 35.5. The molecule has 3 aromatic rings. The number of ether oxygens (including phenoxy) is 1. The van der Waals surface area contributed by atoms with E-state index in [9.17, 15) is 42.6 Å². The number of thiol groups is 1. The van der Waals surface area contributed by atoms with Gasteiger partial charge in [-0.25, -0.2) is 19.5 Å². The molecule has 0 aromatic heterocycles. The van der Waals surface area contributed by atoms with Crippen LogP contribution in [0.3, 0.4) is 0 Å². The van der Waals surface area contributed by atoms with Crippen LogP contribution in [0.2, 0.25) is 0 Å². The summed E-state index contributed by atoms with van der Waals surface area (Å²) in [6.07, 6.45) is -0.228. The largest absolute Gasteiger partial charge is 0.646 e. The number of fused-ring (bicyclic) bond motifs is 1. The molecule has 5 N–H and O–H groups in total. The molecule has 0 bridgehead atoms. The summed E-state index contributed by atoms with van der Waals surface area (Å²) >= 11 is 4.25. The summed E-state index contributed by atoms with van der Waals surface area (Å²) in [5.41, 5.74) is -0.966. The van der Waals surface area contributed by atoms with Crippen LogP contribution in [0.25, 0.3) is 0 Å². The molecule has 6 rings (SSSR count). The Hall–Kier alpha value is -4.53. The van der Waals surface area contributed by atoms with E-state index in [1.54, 1.807) is 43.3 Å². The number of esters is 2. The van der Waals surface area contributed by atoms with E-state index in [-0.39, 0.29) is 47.0 Å².